The first-order valence-electron chi connectivity index (χ1n) is 10.3. The number of allylic oxidation sites excluding steroid dienone is 2. The number of benzene rings is 1. The summed E-state index contributed by atoms with van der Waals surface area (Å²) in [5, 5.41) is 4.27. The highest BCUT2D eigenvalue weighted by Gasteiger charge is 2.24. The molecule has 174 valence electrons. The summed E-state index contributed by atoms with van der Waals surface area (Å²) in [6, 6.07) is 6.22. The molecule has 0 aliphatic carbocycles. The molecule has 0 saturated carbocycles. The first-order valence-corrected chi connectivity index (χ1v) is 12.8. The predicted octanol–water partition coefficient (Wildman–Crippen LogP) is 3.15. The Morgan fingerprint density at radius 1 is 1.31 bits per heavy atom. The van der Waals surface area contributed by atoms with Crippen LogP contribution in [0.4, 0.5) is 5.69 Å². The van der Waals surface area contributed by atoms with Crippen molar-refractivity contribution in [3.05, 3.63) is 45.8 Å². The largest absolute Gasteiger partial charge is 0.333 e. The van der Waals surface area contributed by atoms with Gasteiger partial charge in [0.05, 0.1) is 18.0 Å². The van der Waals surface area contributed by atoms with Gasteiger partial charge in [-0.25, -0.2) is 13.1 Å². The lowest BCUT2D eigenvalue weighted by molar-refractivity contribution is -0.107. The Hall–Kier alpha value is -2.43. The number of rotatable bonds is 7. The molecular formula is C22H31N5O3S2. The summed E-state index contributed by atoms with van der Waals surface area (Å²) in [5.74, 6) is 0.0485. The molecule has 0 bridgehead atoms. The fourth-order valence-electron chi connectivity index (χ4n) is 3.46. The van der Waals surface area contributed by atoms with Crippen LogP contribution in [-0.2, 0) is 21.2 Å². The average Bonchev–Trinajstić information content (AvgIpc) is 3.24. The molecule has 0 fully saturated rings. The van der Waals surface area contributed by atoms with Gasteiger partial charge < -0.3 is 5.73 Å². The standard InChI is InChI=1S/C21H26N4O3S2.CH5N/c1-13(2)11-30(27,28)21-24-25(20(29-21)22-12-26)10-15(4)9-17-16(5)23-19-7-6-14(3)8-18(17)19;1-2/h6-9,12-13,17H,10-11H2,1-5H3;2H2,1H3/b15-9+,22-20?;. The molecule has 1 unspecified atom stereocenters. The van der Waals surface area contributed by atoms with Crippen LogP contribution < -0.4 is 10.5 Å². The Morgan fingerprint density at radius 2 is 2.00 bits per heavy atom. The minimum absolute atomic E-state index is 0.00370. The molecular weight excluding hydrogens is 446 g/mol. The second-order valence-electron chi connectivity index (χ2n) is 8.02. The van der Waals surface area contributed by atoms with Gasteiger partial charge in [-0.2, -0.15) is 4.99 Å². The molecule has 2 N–H and O–H groups in total. The Labute approximate surface area is 193 Å². The molecule has 1 atom stereocenters. The molecule has 1 aromatic heterocycles. The topological polar surface area (TPSA) is 120 Å². The van der Waals surface area contributed by atoms with Crippen LogP contribution in [0.3, 0.4) is 0 Å². The zero-order chi connectivity index (χ0) is 24.1. The second kappa shape index (κ2) is 10.9. The molecule has 1 aliphatic rings. The van der Waals surface area contributed by atoms with Crippen LogP contribution in [0.5, 0.6) is 0 Å². The number of hydrogen-bond donors (Lipinski definition) is 1. The summed E-state index contributed by atoms with van der Waals surface area (Å²) in [7, 11) is -2.02. The fourth-order valence-corrected chi connectivity index (χ4v) is 6.24. The van der Waals surface area contributed by atoms with Crippen LogP contribution in [0.1, 0.15) is 44.7 Å². The van der Waals surface area contributed by atoms with Crippen LogP contribution in [0.25, 0.3) is 0 Å². The molecule has 32 heavy (non-hydrogen) atoms. The molecule has 1 amide bonds. The predicted molar refractivity (Wildman–Crippen MR) is 129 cm³/mol. The van der Waals surface area contributed by atoms with E-state index in [4.69, 9.17) is 0 Å². The highest BCUT2D eigenvalue weighted by atomic mass is 32.2. The van der Waals surface area contributed by atoms with Crippen LogP contribution in [0.15, 0.2) is 44.2 Å². The maximum atomic E-state index is 12.6. The van der Waals surface area contributed by atoms with Gasteiger partial charge in [-0.05, 0) is 45.4 Å². The zero-order valence-electron chi connectivity index (χ0n) is 19.4. The Kier molecular flexibility index (Phi) is 8.82. The monoisotopic (exact) mass is 477 g/mol. The van der Waals surface area contributed by atoms with Gasteiger partial charge in [0.1, 0.15) is 0 Å². The van der Waals surface area contributed by atoms with Crippen molar-refractivity contribution in [1.82, 2.24) is 9.78 Å². The van der Waals surface area contributed by atoms with Crippen molar-refractivity contribution in [2.75, 3.05) is 12.8 Å². The van der Waals surface area contributed by atoms with E-state index in [-0.39, 0.29) is 26.7 Å². The SMILES string of the molecule is CC1=Nc2ccc(C)cc2C1/C=C(\C)Cn1nc(S(=O)(=O)CC(C)C)sc1=NC=O.CN. The van der Waals surface area contributed by atoms with Gasteiger partial charge in [0, 0.05) is 11.6 Å². The van der Waals surface area contributed by atoms with E-state index in [9.17, 15) is 13.2 Å². The van der Waals surface area contributed by atoms with Crippen molar-refractivity contribution in [2.45, 2.75) is 51.4 Å². The highest BCUT2D eigenvalue weighted by Crippen LogP contribution is 2.37. The van der Waals surface area contributed by atoms with Gasteiger partial charge in [0.15, 0.2) is 0 Å². The van der Waals surface area contributed by atoms with Gasteiger partial charge >= 0.3 is 0 Å². The Balaban J connectivity index is 0.00000176. The van der Waals surface area contributed by atoms with Crippen LogP contribution in [-0.4, -0.2) is 43.1 Å². The van der Waals surface area contributed by atoms with Crippen molar-refractivity contribution in [1.29, 1.82) is 0 Å². The van der Waals surface area contributed by atoms with Crippen molar-refractivity contribution in [3.63, 3.8) is 0 Å². The van der Waals surface area contributed by atoms with E-state index >= 15 is 0 Å². The highest BCUT2D eigenvalue weighted by molar-refractivity contribution is 7.93. The molecule has 0 radical (unpaired) electrons. The van der Waals surface area contributed by atoms with Gasteiger partial charge in [-0.15, -0.1) is 5.10 Å². The lowest BCUT2D eigenvalue weighted by atomic mass is 9.93. The average molecular weight is 478 g/mol. The molecule has 0 saturated heterocycles. The third kappa shape index (κ3) is 6.08. The molecule has 2 heterocycles. The number of nitrogens with zero attached hydrogens (tertiary/aromatic N) is 4. The Morgan fingerprint density at radius 3 is 2.62 bits per heavy atom. The van der Waals surface area contributed by atoms with E-state index in [1.54, 1.807) is 0 Å². The number of sulfone groups is 1. The molecule has 0 spiro atoms. The number of aryl methyl sites for hydroxylation is 1. The van der Waals surface area contributed by atoms with Crippen molar-refractivity contribution in [2.24, 2.45) is 21.6 Å². The van der Waals surface area contributed by atoms with E-state index in [1.165, 1.54) is 17.3 Å². The summed E-state index contributed by atoms with van der Waals surface area (Å²) >= 11 is 0.924. The van der Waals surface area contributed by atoms with Gasteiger partial charge in [0.25, 0.3) is 0 Å². The third-order valence-corrected chi connectivity index (χ3v) is 8.19. The van der Waals surface area contributed by atoms with E-state index in [0.717, 1.165) is 33.9 Å². The summed E-state index contributed by atoms with van der Waals surface area (Å²) in [6.07, 6.45) is 2.53. The first kappa shape index (κ1) is 25.8. The minimum Gasteiger partial charge on any atom is -0.333 e. The molecule has 10 heteroatoms. The summed E-state index contributed by atoms with van der Waals surface area (Å²) in [5.41, 5.74) is 9.81. The van der Waals surface area contributed by atoms with Gasteiger partial charge in [0.2, 0.25) is 25.4 Å². The lowest BCUT2D eigenvalue weighted by Gasteiger charge is -2.11. The maximum absolute atomic E-state index is 12.6. The summed E-state index contributed by atoms with van der Waals surface area (Å²) in [6.45, 7) is 10.0. The number of carbonyl (C=O) groups excluding carboxylic acids is 1. The van der Waals surface area contributed by atoms with Crippen molar-refractivity contribution >= 4 is 39.0 Å². The van der Waals surface area contributed by atoms with Gasteiger partial charge in [-0.3, -0.25) is 9.79 Å². The van der Waals surface area contributed by atoms with Crippen molar-refractivity contribution < 1.29 is 13.2 Å². The van der Waals surface area contributed by atoms with E-state index < -0.39 is 9.84 Å². The van der Waals surface area contributed by atoms with E-state index in [2.05, 4.69) is 39.9 Å². The molecule has 3 rings (SSSR count). The smallest absolute Gasteiger partial charge is 0.235 e. The number of carbonyl (C=O) groups is 1. The van der Waals surface area contributed by atoms with Gasteiger partial charge in [-0.1, -0.05) is 54.5 Å². The molecule has 1 aliphatic heterocycles. The molecule has 8 nitrogen and oxygen atoms in total. The molecule has 2 aromatic rings. The maximum Gasteiger partial charge on any atom is 0.235 e. The normalized spacial score (nSPS) is 16.5. The fraction of sp³-hybridized carbons (Fsp3) is 0.455. The number of aliphatic imine (C=N–C) groups is 1. The van der Waals surface area contributed by atoms with Crippen LogP contribution in [0, 0.1) is 12.8 Å². The number of nitrogens with two attached hydrogens (primary N) is 1. The third-order valence-electron chi connectivity index (χ3n) is 4.70. The van der Waals surface area contributed by atoms with E-state index in [0.29, 0.717) is 13.0 Å². The number of hydrogen-bond acceptors (Lipinski definition) is 7. The number of aromatic nitrogens is 2. The number of fused-ring (bicyclic) bond motifs is 1. The molecule has 1 aromatic carbocycles. The second-order valence-corrected chi connectivity index (χ2v) is 11.2. The summed E-state index contributed by atoms with van der Waals surface area (Å²) < 4.78 is 26.6. The van der Waals surface area contributed by atoms with Crippen molar-refractivity contribution in [3.8, 4) is 0 Å². The van der Waals surface area contributed by atoms with Crippen LogP contribution in [0.2, 0.25) is 0 Å². The Bertz CT molecular complexity index is 1200. The lowest BCUT2D eigenvalue weighted by Crippen LogP contribution is -2.18. The number of amides is 1. The summed E-state index contributed by atoms with van der Waals surface area (Å²) in [4.78, 5) is 19.7. The van der Waals surface area contributed by atoms with Crippen LogP contribution >= 0.6 is 11.3 Å². The zero-order valence-corrected chi connectivity index (χ0v) is 21.0. The minimum atomic E-state index is -3.52. The quantitative estimate of drug-likeness (QED) is 0.485. The first-order chi connectivity index (χ1) is 15.1. The van der Waals surface area contributed by atoms with E-state index in [1.807, 2.05) is 39.8 Å².